The summed E-state index contributed by atoms with van der Waals surface area (Å²) in [5, 5.41) is 12.0. The summed E-state index contributed by atoms with van der Waals surface area (Å²) >= 11 is 0. The molecule has 36 heavy (non-hydrogen) atoms. The van der Waals surface area contributed by atoms with Crippen molar-refractivity contribution in [3.05, 3.63) is 101 Å². The number of benzene rings is 3. The minimum Gasteiger partial charge on any atom is -0.494 e. The smallest absolute Gasteiger partial charge is 0.134 e. The lowest BCUT2D eigenvalue weighted by Gasteiger charge is -2.42. The van der Waals surface area contributed by atoms with Gasteiger partial charge < -0.3 is 14.7 Å². The van der Waals surface area contributed by atoms with Gasteiger partial charge in [-0.2, -0.15) is 0 Å². The third kappa shape index (κ3) is 6.37. The van der Waals surface area contributed by atoms with E-state index in [-0.39, 0.29) is 23.3 Å². The largest absolute Gasteiger partial charge is 0.494 e. The number of ketones is 1. The van der Waals surface area contributed by atoms with Gasteiger partial charge in [0.2, 0.25) is 0 Å². The molecule has 0 bridgehead atoms. The summed E-state index contributed by atoms with van der Waals surface area (Å²) in [5.74, 6) is 0.147. The van der Waals surface area contributed by atoms with Gasteiger partial charge in [0, 0.05) is 13.0 Å². The van der Waals surface area contributed by atoms with Crippen LogP contribution < -0.4 is 4.74 Å². The van der Waals surface area contributed by atoms with Crippen LogP contribution in [0.25, 0.3) is 0 Å². The number of carbonyl (C=O) groups is 1. The maximum absolute atomic E-state index is 13.6. The van der Waals surface area contributed by atoms with Crippen molar-refractivity contribution in [1.82, 2.24) is 4.90 Å². The molecule has 1 aliphatic rings. The predicted octanol–water partition coefficient (Wildman–Crippen LogP) is 5.51. The highest BCUT2D eigenvalue weighted by molar-refractivity contribution is 5.78. The van der Waals surface area contributed by atoms with Crippen LogP contribution in [-0.2, 0) is 16.8 Å². The molecular formula is C30H33F2NO3. The third-order valence-corrected chi connectivity index (χ3v) is 7.01. The predicted molar refractivity (Wildman–Crippen MR) is 136 cm³/mol. The zero-order valence-electron chi connectivity index (χ0n) is 20.6. The summed E-state index contributed by atoms with van der Waals surface area (Å²) in [6.45, 7) is 4.73. The molecule has 1 N–H and O–H groups in total. The number of rotatable bonds is 10. The summed E-state index contributed by atoms with van der Waals surface area (Å²) in [7, 11) is 0. The van der Waals surface area contributed by atoms with Crippen LogP contribution in [-0.4, -0.2) is 42.0 Å². The Morgan fingerprint density at radius 2 is 1.44 bits per heavy atom. The number of aliphatic hydroxyl groups is 1. The molecule has 190 valence electrons. The molecule has 4 rings (SSSR count). The minimum atomic E-state index is -1.31. The average Bonchev–Trinajstić information content (AvgIpc) is 2.88. The maximum atomic E-state index is 13.6. The number of ether oxygens (including phenoxy) is 1. The lowest BCUT2D eigenvalue weighted by atomic mass is 9.72. The summed E-state index contributed by atoms with van der Waals surface area (Å²) in [6.07, 6.45) is 2.85. The molecule has 3 aromatic rings. The number of nitrogens with zero attached hydrogens (tertiary/aromatic N) is 1. The molecule has 0 aromatic heterocycles. The lowest BCUT2D eigenvalue weighted by molar-refractivity contribution is -0.116. The molecule has 0 spiro atoms. The number of likely N-dealkylation sites (tertiary alicyclic amines) is 1. The fourth-order valence-electron chi connectivity index (χ4n) is 5.09. The maximum Gasteiger partial charge on any atom is 0.134 e. The van der Waals surface area contributed by atoms with Crippen LogP contribution in [0, 0.1) is 17.6 Å². The van der Waals surface area contributed by atoms with Gasteiger partial charge in [-0.05, 0) is 98.3 Å². The Morgan fingerprint density at radius 1 is 0.917 bits per heavy atom. The monoisotopic (exact) mass is 493 g/mol. The molecule has 0 unspecified atom stereocenters. The van der Waals surface area contributed by atoms with Crippen LogP contribution in [0.1, 0.15) is 42.9 Å². The van der Waals surface area contributed by atoms with Gasteiger partial charge in [-0.1, -0.05) is 36.4 Å². The van der Waals surface area contributed by atoms with Crippen molar-refractivity contribution in [2.24, 2.45) is 5.92 Å². The Bertz CT molecular complexity index is 1080. The molecule has 1 heterocycles. The highest BCUT2D eigenvalue weighted by atomic mass is 19.1. The fourth-order valence-corrected chi connectivity index (χ4v) is 5.09. The zero-order chi connectivity index (χ0) is 25.5. The highest BCUT2D eigenvalue weighted by Gasteiger charge is 2.41. The van der Waals surface area contributed by atoms with E-state index in [1.54, 1.807) is 31.2 Å². The Kier molecular flexibility index (Phi) is 8.49. The van der Waals surface area contributed by atoms with E-state index < -0.39 is 5.60 Å². The number of hydrogen-bond acceptors (Lipinski definition) is 4. The highest BCUT2D eigenvalue weighted by Crippen LogP contribution is 2.42. The number of hydrogen-bond donors (Lipinski definition) is 1. The first kappa shape index (κ1) is 26.0. The summed E-state index contributed by atoms with van der Waals surface area (Å²) < 4.78 is 33.0. The quantitative estimate of drug-likeness (QED) is 0.378. The van der Waals surface area contributed by atoms with Crippen LogP contribution in [0.3, 0.4) is 0 Å². The van der Waals surface area contributed by atoms with Gasteiger partial charge in [-0.15, -0.1) is 0 Å². The van der Waals surface area contributed by atoms with Gasteiger partial charge in [0.1, 0.15) is 28.8 Å². The SMILES string of the molecule is CC(=O)Cc1ccc(OCCCN2CCC(C(O)(c3ccc(F)cc3)c3ccc(F)cc3)CC2)cc1. The van der Waals surface area contributed by atoms with E-state index in [2.05, 4.69) is 4.90 Å². The molecule has 0 atom stereocenters. The lowest BCUT2D eigenvalue weighted by Crippen LogP contribution is -2.44. The van der Waals surface area contributed by atoms with E-state index in [4.69, 9.17) is 4.74 Å². The first-order chi connectivity index (χ1) is 17.3. The molecular weight excluding hydrogens is 460 g/mol. The van der Waals surface area contributed by atoms with Crippen LogP contribution in [0.5, 0.6) is 5.75 Å². The van der Waals surface area contributed by atoms with Crippen LogP contribution in [0.4, 0.5) is 8.78 Å². The second kappa shape index (κ2) is 11.8. The molecule has 0 aliphatic carbocycles. The van der Waals surface area contributed by atoms with Crippen molar-refractivity contribution in [2.45, 2.75) is 38.2 Å². The average molecular weight is 494 g/mol. The van der Waals surface area contributed by atoms with Crippen molar-refractivity contribution in [3.8, 4) is 5.75 Å². The molecule has 1 aliphatic heterocycles. The van der Waals surface area contributed by atoms with Gasteiger partial charge in [0.15, 0.2) is 0 Å². The van der Waals surface area contributed by atoms with Crippen molar-refractivity contribution in [3.63, 3.8) is 0 Å². The topological polar surface area (TPSA) is 49.8 Å². The van der Waals surface area contributed by atoms with E-state index in [1.165, 1.54) is 24.3 Å². The van der Waals surface area contributed by atoms with Gasteiger partial charge >= 0.3 is 0 Å². The van der Waals surface area contributed by atoms with Crippen molar-refractivity contribution < 1.29 is 23.4 Å². The summed E-state index contributed by atoms with van der Waals surface area (Å²) in [4.78, 5) is 13.6. The second-order valence-corrected chi connectivity index (χ2v) is 9.62. The Balaban J connectivity index is 1.31. The van der Waals surface area contributed by atoms with Crippen molar-refractivity contribution in [1.29, 1.82) is 0 Å². The van der Waals surface area contributed by atoms with Gasteiger partial charge in [-0.3, -0.25) is 4.79 Å². The number of Topliss-reactive ketones (excluding diaryl/α,β-unsaturated/α-hetero) is 1. The summed E-state index contributed by atoms with van der Waals surface area (Å²) in [5.41, 5.74) is 0.915. The molecule has 0 amide bonds. The van der Waals surface area contributed by atoms with Crippen LogP contribution >= 0.6 is 0 Å². The van der Waals surface area contributed by atoms with Crippen molar-refractivity contribution in [2.75, 3.05) is 26.2 Å². The van der Waals surface area contributed by atoms with Crippen molar-refractivity contribution >= 4 is 5.78 Å². The third-order valence-electron chi connectivity index (χ3n) is 7.01. The minimum absolute atomic E-state index is 0.0746. The molecule has 0 saturated carbocycles. The van der Waals surface area contributed by atoms with E-state index in [1.807, 2.05) is 24.3 Å². The van der Waals surface area contributed by atoms with Crippen LogP contribution in [0.2, 0.25) is 0 Å². The van der Waals surface area contributed by atoms with Crippen LogP contribution in [0.15, 0.2) is 72.8 Å². The Labute approximate surface area is 211 Å². The molecule has 4 nitrogen and oxygen atoms in total. The normalized spacial score (nSPS) is 15.1. The Hall–Kier alpha value is -3.09. The van der Waals surface area contributed by atoms with Gasteiger partial charge in [0.05, 0.1) is 6.61 Å². The van der Waals surface area contributed by atoms with E-state index in [0.717, 1.165) is 50.2 Å². The van der Waals surface area contributed by atoms with Gasteiger partial charge in [0.25, 0.3) is 0 Å². The second-order valence-electron chi connectivity index (χ2n) is 9.62. The zero-order valence-corrected chi connectivity index (χ0v) is 20.6. The number of carbonyl (C=O) groups excluding carboxylic acids is 1. The Morgan fingerprint density at radius 3 is 1.94 bits per heavy atom. The van der Waals surface area contributed by atoms with E-state index in [9.17, 15) is 18.7 Å². The number of piperidine rings is 1. The molecule has 1 fully saturated rings. The molecule has 6 heteroatoms. The van der Waals surface area contributed by atoms with Gasteiger partial charge in [-0.25, -0.2) is 8.78 Å². The standard InChI is InChI=1S/C30H33F2NO3/c1-22(34)21-23-3-13-29(14-4-23)36-20-2-17-33-18-15-26(16-19-33)30(35,24-5-9-27(31)10-6-24)25-7-11-28(32)12-8-25/h3-14,26,35H,2,15-21H2,1H3. The molecule has 1 saturated heterocycles. The molecule has 3 aromatic carbocycles. The first-order valence-electron chi connectivity index (χ1n) is 12.5. The van der Waals surface area contributed by atoms with E-state index in [0.29, 0.717) is 24.2 Å². The first-order valence-corrected chi connectivity index (χ1v) is 12.5. The molecule has 0 radical (unpaired) electrons. The number of halogens is 2. The fraction of sp³-hybridized carbons (Fsp3) is 0.367. The van der Waals surface area contributed by atoms with E-state index >= 15 is 0 Å². The summed E-state index contributed by atoms with van der Waals surface area (Å²) in [6, 6.07) is 19.5.